The van der Waals surface area contributed by atoms with Gasteiger partial charge in [0.05, 0.1) is 17.1 Å². The van der Waals surface area contributed by atoms with Crippen LogP contribution >= 0.6 is 15.9 Å². The molecule has 0 fully saturated rings. The molecule has 2 heterocycles. The van der Waals surface area contributed by atoms with Crippen molar-refractivity contribution >= 4 is 27.0 Å². The summed E-state index contributed by atoms with van der Waals surface area (Å²) >= 11 is 3.49. The molecular weight excluding hydrogens is 434 g/mol. The van der Waals surface area contributed by atoms with Crippen LogP contribution < -0.4 is 11.0 Å². The molecule has 1 aromatic heterocycles. The third-order valence-corrected chi connectivity index (χ3v) is 6.33. The summed E-state index contributed by atoms with van der Waals surface area (Å²) in [5.74, 6) is 0.347. The number of aromatic amines is 1. The van der Waals surface area contributed by atoms with Crippen LogP contribution in [0, 0.1) is 6.92 Å². The van der Waals surface area contributed by atoms with Crippen molar-refractivity contribution in [2.45, 2.75) is 57.8 Å². The lowest BCUT2D eigenvalue weighted by Crippen LogP contribution is -2.41. The molecule has 0 aliphatic carbocycles. The van der Waals surface area contributed by atoms with Crippen LogP contribution in [0.25, 0.3) is 11.0 Å². The second kappa shape index (κ2) is 7.97. The van der Waals surface area contributed by atoms with Crippen molar-refractivity contribution in [3.8, 4) is 5.75 Å². The Balaban J connectivity index is 1.48. The Labute approximate surface area is 177 Å². The average Bonchev–Trinajstić information content (AvgIpc) is 2.93. The van der Waals surface area contributed by atoms with Gasteiger partial charge in [0.2, 0.25) is 0 Å². The highest BCUT2D eigenvalue weighted by atomic mass is 79.9. The summed E-state index contributed by atoms with van der Waals surface area (Å²) in [6.45, 7) is 4.54. The molecule has 3 atom stereocenters. The van der Waals surface area contributed by atoms with Crippen LogP contribution in [0.4, 0.5) is 0 Å². The van der Waals surface area contributed by atoms with E-state index >= 15 is 0 Å². The zero-order valence-electron chi connectivity index (χ0n) is 16.6. The van der Waals surface area contributed by atoms with Crippen LogP contribution in [0.5, 0.6) is 5.75 Å². The molecule has 0 saturated carbocycles. The lowest BCUT2D eigenvalue weighted by atomic mass is 9.97. The molecule has 6 nitrogen and oxygen atoms in total. The normalized spacial score (nSPS) is 20.0. The van der Waals surface area contributed by atoms with Gasteiger partial charge in [-0.05, 0) is 62.4 Å². The number of para-hydroxylation sites is 1. The quantitative estimate of drug-likeness (QED) is 0.469. The van der Waals surface area contributed by atoms with Gasteiger partial charge in [-0.2, -0.15) is 0 Å². The number of aromatic nitrogens is 2. The van der Waals surface area contributed by atoms with E-state index < -0.39 is 6.10 Å². The number of phenolic OH excluding ortho intramolecular Hbond substituents is 1. The number of aliphatic hydroxyl groups excluding tert-OH is 1. The third kappa shape index (κ3) is 3.86. The Morgan fingerprint density at radius 3 is 2.97 bits per heavy atom. The van der Waals surface area contributed by atoms with Crippen molar-refractivity contribution in [3.63, 3.8) is 0 Å². The van der Waals surface area contributed by atoms with E-state index in [4.69, 9.17) is 0 Å². The molecule has 154 valence electrons. The molecule has 0 bridgehead atoms. The van der Waals surface area contributed by atoms with Crippen LogP contribution in [0.15, 0.2) is 39.6 Å². The first-order chi connectivity index (χ1) is 13.8. The maximum atomic E-state index is 12.3. The van der Waals surface area contributed by atoms with E-state index in [9.17, 15) is 15.0 Å². The number of imidazole rings is 1. The summed E-state index contributed by atoms with van der Waals surface area (Å²) in [4.78, 5) is 15.1. The Hall–Kier alpha value is -2.09. The highest BCUT2D eigenvalue weighted by Crippen LogP contribution is 2.31. The molecule has 1 aliphatic heterocycles. The van der Waals surface area contributed by atoms with E-state index in [-0.39, 0.29) is 17.8 Å². The number of benzene rings is 2. The number of aryl methyl sites for hydroxylation is 3. The van der Waals surface area contributed by atoms with E-state index in [0.29, 0.717) is 18.7 Å². The van der Waals surface area contributed by atoms with Crippen LogP contribution in [-0.4, -0.2) is 31.8 Å². The average molecular weight is 460 g/mol. The number of aromatic hydroxyl groups is 1. The molecule has 0 radical (unpaired) electrons. The number of nitrogens with zero attached hydrogens (tertiary/aromatic N) is 1. The van der Waals surface area contributed by atoms with E-state index in [2.05, 4.69) is 33.2 Å². The van der Waals surface area contributed by atoms with Gasteiger partial charge in [0.25, 0.3) is 0 Å². The zero-order chi connectivity index (χ0) is 20.7. The van der Waals surface area contributed by atoms with Crippen LogP contribution in [0.2, 0.25) is 0 Å². The van der Waals surface area contributed by atoms with Gasteiger partial charge in [-0.25, -0.2) is 4.79 Å². The third-order valence-electron chi connectivity index (χ3n) is 5.88. The van der Waals surface area contributed by atoms with Crippen LogP contribution in [0.3, 0.4) is 0 Å². The number of aliphatic hydroxyl groups is 1. The lowest BCUT2D eigenvalue weighted by Gasteiger charge is -2.26. The fourth-order valence-electron chi connectivity index (χ4n) is 4.33. The highest BCUT2D eigenvalue weighted by Gasteiger charge is 2.29. The van der Waals surface area contributed by atoms with E-state index in [1.54, 1.807) is 4.57 Å². The van der Waals surface area contributed by atoms with Gasteiger partial charge in [-0.15, -0.1) is 0 Å². The van der Waals surface area contributed by atoms with Gasteiger partial charge in [0.1, 0.15) is 5.75 Å². The van der Waals surface area contributed by atoms with Gasteiger partial charge < -0.3 is 20.5 Å². The standard InChI is InChI=1S/C22H26BrN3O3/c1-12-10-15(23)11-14(20(12)27)7-6-13(2)24-18-8-9-26-19-16(21(18)28)4-3-5-17(19)25-22(26)29/h3-5,10-11,13,18,21,24,27-28H,6-9H2,1-2H3,(H,25,29)/t13?,18-,21-/m1/s1. The maximum Gasteiger partial charge on any atom is 0.326 e. The summed E-state index contributed by atoms with van der Waals surface area (Å²) in [5.41, 5.74) is 3.99. The van der Waals surface area contributed by atoms with E-state index in [1.165, 1.54) is 0 Å². The highest BCUT2D eigenvalue weighted by molar-refractivity contribution is 9.10. The number of H-pyrrole nitrogens is 1. The van der Waals surface area contributed by atoms with Gasteiger partial charge >= 0.3 is 5.69 Å². The van der Waals surface area contributed by atoms with Crippen molar-refractivity contribution < 1.29 is 10.2 Å². The number of halogens is 1. The Kier molecular flexibility index (Phi) is 5.55. The molecule has 1 aliphatic rings. The fourth-order valence-corrected chi connectivity index (χ4v) is 4.95. The number of phenols is 1. The number of rotatable bonds is 5. The Bertz CT molecular complexity index is 1100. The number of hydrogen-bond donors (Lipinski definition) is 4. The molecule has 7 heteroatoms. The van der Waals surface area contributed by atoms with Crippen molar-refractivity contribution in [1.82, 2.24) is 14.9 Å². The summed E-state index contributed by atoms with van der Waals surface area (Å²) in [6.07, 6.45) is 1.53. The molecule has 0 amide bonds. The minimum Gasteiger partial charge on any atom is -0.507 e. The first-order valence-electron chi connectivity index (χ1n) is 9.98. The number of hydrogen-bond acceptors (Lipinski definition) is 4. The summed E-state index contributed by atoms with van der Waals surface area (Å²) in [5, 5.41) is 24.9. The second-order valence-corrected chi connectivity index (χ2v) is 8.92. The van der Waals surface area contributed by atoms with Crippen molar-refractivity contribution in [2.75, 3.05) is 0 Å². The molecule has 4 N–H and O–H groups in total. The van der Waals surface area contributed by atoms with Crippen molar-refractivity contribution in [1.29, 1.82) is 0 Å². The van der Waals surface area contributed by atoms with Crippen LogP contribution in [-0.2, 0) is 13.0 Å². The Morgan fingerprint density at radius 1 is 1.38 bits per heavy atom. The largest absolute Gasteiger partial charge is 0.507 e. The van der Waals surface area contributed by atoms with Crippen molar-refractivity contribution in [2.24, 2.45) is 0 Å². The summed E-state index contributed by atoms with van der Waals surface area (Å²) < 4.78 is 2.69. The lowest BCUT2D eigenvalue weighted by molar-refractivity contribution is 0.119. The number of nitrogens with one attached hydrogen (secondary N) is 2. The molecular formula is C22H26BrN3O3. The van der Waals surface area contributed by atoms with Crippen molar-refractivity contribution in [3.05, 3.63) is 62.0 Å². The summed E-state index contributed by atoms with van der Waals surface area (Å²) in [6, 6.07) is 9.48. The smallest absolute Gasteiger partial charge is 0.326 e. The Morgan fingerprint density at radius 2 is 2.17 bits per heavy atom. The van der Waals surface area contributed by atoms with Gasteiger partial charge in [-0.3, -0.25) is 4.57 Å². The zero-order valence-corrected chi connectivity index (χ0v) is 18.2. The van der Waals surface area contributed by atoms with E-state index in [1.807, 2.05) is 37.3 Å². The topological polar surface area (TPSA) is 90.3 Å². The minimum atomic E-state index is -0.688. The van der Waals surface area contributed by atoms with Gasteiger partial charge in [-0.1, -0.05) is 28.1 Å². The molecule has 29 heavy (non-hydrogen) atoms. The van der Waals surface area contributed by atoms with Gasteiger partial charge in [0.15, 0.2) is 0 Å². The first-order valence-corrected chi connectivity index (χ1v) is 10.8. The molecule has 0 saturated heterocycles. The molecule has 1 unspecified atom stereocenters. The monoisotopic (exact) mass is 459 g/mol. The first kappa shape index (κ1) is 20.2. The molecule has 2 aromatic carbocycles. The predicted molar refractivity (Wildman–Crippen MR) is 117 cm³/mol. The predicted octanol–water partition coefficient (Wildman–Crippen LogP) is 3.52. The SMILES string of the molecule is Cc1cc(Br)cc(CCC(C)N[C@@H]2CCn3c(=O)[nH]c4cccc(c43)[C@H]2O)c1O. The molecule has 3 aromatic rings. The van der Waals surface area contributed by atoms with Gasteiger partial charge in [0, 0.05) is 28.7 Å². The molecule has 0 spiro atoms. The van der Waals surface area contributed by atoms with E-state index in [0.717, 1.165) is 45.0 Å². The maximum absolute atomic E-state index is 12.3. The van der Waals surface area contributed by atoms with Crippen LogP contribution in [0.1, 0.15) is 42.6 Å². The second-order valence-electron chi connectivity index (χ2n) is 8.00. The fraction of sp³-hybridized carbons (Fsp3) is 0.409. The minimum absolute atomic E-state index is 0.131. The summed E-state index contributed by atoms with van der Waals surface area (Å²) in [7, 11) is 0. The molecule has 4 rings (SSSR count).